The lowest BCUT2D eigenvalue weighted by Gasteiger charge is -2.06. The van der Waals surface area contributed by atoms with Gasteiger partial charge in [0.15, 0.2) is 5.76 Å². The number of aryl methyl sites for hydroxylation is 1. The summed E-state index contributed by atoms with van der Waals surface area (Å²) in [7, 11) is 0. The van der Waals surface area contributed by atoms with Gasteiger partial charge in [-0.2, -0.15) is 0 Å². The number of furan rings is 1. The highest BCUT2D eigenvalue weighted by molar-refractivity contribution is 6.31. The molecule has 130 valence electrons. The third-order valence-corrected chi connectivity index (χ3v) is 4.20. The van der Waals surface area contributed by atoms with E-state index in [9.17, 15) is 4.79 Å². The van der Waals surface area contributed by atoms with Crippen molar-refractivity contribution in [2.45, 2.75) is 20.0 Å². The van der Waals surface area contributed by atoms with Gasteiger partial charge in [0.25, 0.3) is 5.91 Å². The van der Waals surface area contributed by atoms with E-state index in [1.54, 1.807) is 12.1 Å². The zero-order valence-corrected chi connectivity index (χ0v) is 14.8. The standard InChI is InChI=1S/C20H20ClNO3/c1-14-17-12-16(21)8-9-18(17)25-19(14)20(23)22-10-5-11-24-13-15-6-3-2-4-7-15/h2-4,6-9,12H,5,10-11,13H2,1H3,(H,22,23). The van der Waals surface area contributed by atoms with E-state index in [0.717, 1.165) is 22.9 Å². The second-order valence-electron chi connectivity index (χ2n) is 5.84. The summed E-state index contributed by atoms with van der Waals surface area (Å²) in [4.78, 5) is 12.3. The molecule has 0 saturated heterocycles. The van der Waals surface area contributed by atoms with Gasteiger partial charge in [0.05, 0.1) is 6.61 Å². The molecule has 3 aromatic rings. The highest BCUT2D eigenvalue weighted by atomic mass is 35.5. The molecule has 0 aliphatic carbocycles. The summed E-state index contributed by atoms with van der Waals surface area (Å²) >= 11 is 6.00. The first-order chi connectivity index (χ1) is 12.1. The molecule has 0 saturated carbocycles. The van der Waals surface area contributed by atoms with Crippen LogP contribution in [0.3, 0.4) is 0 Å². The first-order valence-electron chi connectivity index (χ1n) is 8.23. The number of carbonyl (C=O) groups is 1. The van der Waals surface area contributed by atoms with Gasteiger partial charge in [-0.25, -0.2) is 0 Å². The molecule has 0 aliphatic heterocycles. The molecule has 5 heteroatoms. The van der Waals surface area contributed by atoms with Crippen LogP contribution in [0.1, 0.15) is 28.1 Å². The van der Waals surface area contributed by atoms with Gasteiger partial charge in [-0.1, -0.05) is 41.9 Å². The monoisotopic (exact) mass is 357 g/mol. The number of hydrogen-bond donors (Lipinski definition) is 1. The van der Waals surface area contributed by atoms with Crippen molar-refractivity contribution in [2.24, 2.45) is 0 Å². The molecule has 1 amide bonds. The van der Waals surface area contributed by atoms with Crippen LogP contribution >= 0.6 is 11.6 Å². The van der Waals surface area contributed by atoms with Crippen LogP contribution in [0, 0.1) is 6.92 Å². The number of nitrogens with one attached hydrogen (secondary N) is 1. The quantitative estimate of drug-likeness (QED) is 0.622. The van der Waals surface area contributed by atoms with Gasteiger partial charge in [-0.05, 0) is 37.1 Å². The van der Waals surface area contributed by atoms with Crippen molar-refractivity contribution in [3.63, 3.8) is 0 Å². The van der Waals surface area contributed by atoms with Crippen LogP contribution in [-0.2, 0) is 11.3 Å². The van der Waals surface area contributed by atoms with Crippen LogP contribution in [0.4, 0.5) is 0 Å². The van der Waals surface area contributed by atoms with Gasteiger partial charge < -0.3 is 14.5 Å². The zero-order chi connectivity index (χ0) is 17.6. The van der Waals surface area contributed by atoms with Crippen molar-refractivity contribution >= 4 is 28.5 Å². The average Bonchev–Trinajstić information content (AvgIpc) is 2.95. The molecule has 2 aromatic carbocycles. The van der Waals surface area contributed by atoms with E-state index in [4.69, 9.17) is 20.8 Å². The van der Waals surface area contributed by atoms with Gasteiger partial charge in [-0.15, -0.1) is 0 Å². The summed E-state index contributed by atoms with van der Waals surface area (Å²) in [6, 6.07) is 15.3. The number of rotatable bonds is 7. The maximum Gasteiger partial charge on any atom is 0.287 e. The first kappa shape index (κ1) is 17.5. The molecule has 1 N–H and O–H groups in total. The number of hydrogen-bond acceptors (Lipinski definition) is 3. The average molecular weight is 358 g/mol. The van der Waals surface area contributed by atoms with Crippen molar-refractivity contribution in [3.8, 4) is 0 Å². The predicted molar refractivity (Wildman–Crippen MR) is 99.0 cm³/mol. The largest absolute Gasteiger partial charge is 0.451 e. The Hall–Kier alpha value is -2.30. The Morgan fingerprint density at radius 3 is 2.80 bits per heavy atom. The van der Waals surface area contributed by atoms with E-state index in [1.165, 1.54) is 0 Å². The molecular formula is C20H20ClNO3. The lowest BCUT2D eigenvalue weighted by molar-refractivity contribution is 0.0909. The Kier molecular flexibility index (Phi) is 5.74. The Balaban J connectivity index is 1.46. The fourth-order valence-corrected chi connectivity index (χ4v) is 2.80. The van der Waals surface area contributed by atoms with Crippen LogP contribution in [-0.4, -0.2) is 19.1 Å². The topological polar surface area (TPSA) is 51.5 Å². The SMILES string of the molecule is Cc1c(C(=O)NCCCOCc2ccccc2)oc2ccc(Cl)cc12. The summed E-state index contributed by atoms with van der Waals surface area (Å²) in [5.41, 5.74) is 2.61. The second kappa shape index (κ2) is 8.19. The number of halogens is 1. The third kappa shape index (κ3) is 4.41. The van der Waals surface area contributed by atoms with Crippen molar-refractivity contribution in [3.05, 3.63) is 70.4 Å². The maximum atomic E-state index is 12.3. The molecule has 25 heavy (non-hydrogen) atoms. The maximum absolute atomic E-state index is 12.3. The van der Waals surface area contributed by atoms with Crippen molar-refractivity contribution in [1.82, 2.24) is 5.32 Å². The summed E-state index contributed by atoms with van der Waals surface area (Å²) in [6.07, 6.45) is 0.740. The smallest absolute Gasteiger partial charge is 0.287 e. The molecule has 0 unspecified atom stereocenters. The van der Waals surface area contributed by atoms with Gasteiger partial charge >= 0.3 is 0 Å². The van der Waals surface area contributed by atoms with E-state index in [0.29, 0.717) is 36.1 Å². The van der Waals surface area contributed by atoms with Crippen LogP contribution in [0.2, 0.25) is 5.02 Å². The van der Waals surface area contributed by atoms with Gasteiger partial charge in [-0.3, -0.25) is 4.79 Å². The number of amides is 1. The Labute approximate surface area is 151 Å². The van der Waals surface area contributed by atoms with E-state index in [2.05, 4.69) is 5.32 Å². The normalized spacial score (nSPS) is 11.0. The van der Waals surface area contributed by atoms with Gasteiger partial charge in [0.1, 0.15) is 5.58 Å². The summed E-state index contributed by atoms with van der Waals surface area (Å²) < 4.78 is 11.3. The molecule has 0 atom stereocenters. The third-order valence-electron chi connectivity index (χ3n) is 3.97. The summed E-state index contributed by atoms with van der Waals surface area (Å²) in [5, 5.41) is 4.36. The molecule has 0 fully saturated rings. The van der Waals surface area contributed by atoms with Gasteiger partial charge in [0, 0.05) is 29.1 Å². The number of ether oxygens (including phenoxy) is 1. The Morgan fingerprint density at radius 2 is 2.00 bits per heavy atom. The molecule has 1 aromatic heterocycles. The zero-order valence-electron chi connectivity index (χ0n) is 14.0. The highest BCUT2D eigenvalue weighted by Gasteiger charge is 2.17. The van der Waals surface area contributed by atoms with Crippen molar-refractivity contribution < 1.29 is 13.9 Å². The molecule has 4 nitrogen and oxygen atoms in total. The predicted octanol–water partition coefficient (Wildman–Crippen LogP) is 4.73. The molecule has 3 rings (SSSR count). The van der Waals surface area contributed by atoms with Crippen LogP contribution in [0.25, 0.3) is 11.0 Å². The molecule has 0 aliphatic rings. The fraction of sp³-hybridized carbons (Fsp3) is 0.250. The highest BCUT2D eigenvalue weighted by Crippen LogP contribution is 2.27. The fourth-order valence-electron chi connectivity index (χ4n) is 2.63. The van der Waals surface area contributed by atoms with E-state index < -0.39 is 0 Å². The minimum atomic E-state index is -0.215. The Morgan fingerprint density at radius 1 is 1.20 bits per heavy atom. The second-order valence-corrected chi connectivity index (χ2v) is 6.28. The lowest BCUT2D eigenvalue weighted by Crippen LogP contribution is -2.25. The minimum absolute atomic E-state index is 0.215. The van der Waals surface area contributed by atoms with Gasteiger partial charge in [0.2, 0.25) is 0 Å². The molecular weight excluding hydrogens is 338 g/mol. The first-order valence-corrected chi connectivity index (χ1v) is 8.61. The Bertz CT molecular complexity index is 858. The summed E-state index contributed by atoms with van der Waals surface area (Å²) in [6.45, 7) is 3.56. The number of fused-ring (bicyclic) bond motifs is 1. The van der Waals surface area contributed by atoms with E-state index in [1.807, 2.05) is 43.3 Å². The van der Waals surface area contributed by atoms with Crippen LogP contribution in [0.5, 0.6) is 0 Å². The van der Waals surface area contributed by atoms with Crippen molar-refractivity contribution in [2.75, 3.05) is 13.2 Å². The van der Waals surface area contributed by atoms with E-state index in [-0.39, 0.29) is 5.91 Å². The number of benzene rings is 2. The molecule has 1 heterocycles. The molecule has 0 bridgehead atoms. The van der Waals surface area contributed by atoms with E-state index >= 15 is 0 Å². The lowest BCUT2D eigenvalue weighted by atomic mass is 10.1. The van der Waals surface area contributed by atoms with Crippen LogP contribution < -0.4 is 5.32 Å². The molecule has 0 spiro atoms. The molecule has 0 radical (unpaired) electrons. The minimum Gasteiger partial charge on any atom is -0.451 e. The summed E-state index contributed by atoms with van der Waals surface area (Å²) in [5.74, 6) is 0.121. The van der Waals surface area contributed by atoms with Crippen LogP contribution in [0.15, 0.2) is 52.9 Å². The number of carbonyl (C=O) groups excluding carboxylic acids is 1. The van der Waals surface area contributed by atoms with Crippen molar-refractivity contribution in [1.29, 1.82) is 0 Å².